The first-order valence-electron chi connectivity index (χ1n) is 13.2. The second-order valence-corrected chi connectivity index (χ2v) is 12.9. The third-order valence-corrected chi connectivity index (χ3v) is 9.35. The van der Waals surface area contributed by atoms with Crippen molar-refractivity contribution in [3.63, 3.8) is 0 Å². The van der Waals surface area contributed by atoms with E-state index in [1.54, 1.807) is 0 Å². The molecule has 0 bridgehead atoms. The highest BCUT2D eigenvalue weighted by molar-refractivity contribution is 9.11. The molecule has 0 radical (unpaired) electrons. The molecule has 0 fully saturated rings. The van der Waals surface area contributed by atoms with Crippen molar-refractivity contribution in [2.45, 2.75) is 39.5 Å². The van der Waals surface area contributed by atoms with E-state index in [2.05, 4.69) is 102 Å². The largest absolute Gasteiger partial charge is 0.268 e. The molecule has 6 aromatic rings. The Labute approximate surface area is 243 Å². The van der Waals surface area contributed by atoms with Gasteiger partial charge in [0.25, 0.3) is 11.8 Å². The summed E-state index contributed by atoms with van der Waals surface area (Å²) in [7, 11) is 0. The third-order valence-electron chi connectivity index (χ3n) is 8.20. The SMILES string of the molecule is CC(C)c1cc(Br)cc(C(C)C)c1N1C(=O)c2ccc3c4cccc5c(Br)ccc(c6ccc(c2c36)C1=O)c54. The number of hydrogen-bond donors (Lipinski definition) is 0. The average molecular weight is 639 g/mol. The molecule has 3 nitrogen and oxygen atoms in total. The lowest BCUT2D eigenvalue weighted by Gasteiger charge is -2.33. The van der Waals surface area contributed by atoms with Crippen LogP contribution in [0.3, 0.4) is 0 Å². The first-order chi connectivity index (χ1) is 18.7. The number of carbonyl (C=O) groups excluding carboxylic acids is 2. The molecule has 0 aromatic heterocycles. The van der Waals surface area contributed by atoms with E-state index < -0.39 is 0 Å². The summed E-state index contributed by atoms with van der Waals surface area (Å²) in [6, 6.07) is 22.6. The van der Waals surface area contributed by atoms with Crippen molar-refractivity contribution in [2.75, 3.05) is 4.90 Å². The van der Waals surface area contributed by atoms with E-state index in [9.17, 15) is 9.59 Å². The Hall–Kier alpha value is -3.28. The van der Waals surface area contributed by atoms with E-state index in [4.69, 9.17) is 0 Å². The molecule has 0 spiro atoms. The Kier molecular flexibility index (Phi) is 5.46. The highest BCUT2D eigenvalue weighted by Gasteiger charge is 2.38. The maximum Gasteiger partial charge on any atom is 0.266 e. The molecule has 39 heavy (non-hydrogen) atoms. The lowest BCUT2D eigenvalue weighted by Crippen LogP contribution is -2.41. The minimum atomic E-state index is -0.262. The number of carbonyl (C=O) groups is 2. The lowest BCUT2D eigenvalue weighted by molar-refractivity contribution is 0.0893. The van der Waals surface area contributed by atoms with Crippen LogP contribution in [0.15, 0.2) is 75.7 Å². The zero-order valence-electron chi connectivity index (χ0n) is 22.0. The summed E-state index contributed by atoms with van der Waals surface area (Å²) in [5, 5.41) is 8.46. The molecule has 1 heterocycles. The van der Waals surface area contributed by atoms with Crippen molar-refractivity contribution in [1.82, 2.24) is 0 Å². The van der Waals surface area contributed by atoms with Crippen molar-refractivity contribution < 1.29 is 9.59 Å². The van der Waals surface area contributed by atoms with Crippen molar-refractivity contribution >= 4 is 92.5 Å². The molecule has 6 aromatic carbocycles. The van der Waals surface area contributed by atoms with Gasteiger partial charge in [0.1, 0.15) is 0 Å². The molecular formula is C34H25Br2NO2. The number of benzene rings is 6. The number of fused-ring (bicyclic) bond motifs is 2. The first kappa shape index (κ1) is 24.7. The van der Waals surface area contributed by atoms with Crippen LogP contribution in [0.2, 0.25) is 0 Å². The van der Waals surface area contributed by atoms with Crippen LogP contribution in [0, 0.1) is 0 Å². The smallest absolute Gasteiger partial charge is 0.266 e. The zero-order valence-corrected chi connectivity index (χ0v) is 25.2. The highest BCUT2D eigenvalue weighted by Crippen LogP contribution is 2.47. The summed E-state index contributed by atoms with van der Waals surface area (Å²) in [5.41, 5.74) is 3.83. The van der Waals surface area contributed by atoms with Crippen molar-refractivity contribution in [3.8, 4) is 0 Å². The van der Waals surface area contributed by atoms with Crippen LogP contribution in [0.1, 0.15) is 71.4 Å². The van der Waals surface area contributed by atoms with Gasteiger partial charge in [0.2, 0.25) is 0 Å². The molecule has 5 heteroatoms. The van der Waals surface area contributed by atoms with Gasteiger partial charge >= 0.3 is 0 Å². The predicted molar refractivity (Wildman–Crippen MR) is 169 cm³/mol. The molecule has 0 unspecified atom stereocenters. The van der Waals surface area contributed by atoms with Gasteiger partial charge in [-0.25, -0.2) is 4.90 Å². The zero-order chi connectivity index (χ0) is 27.3. The number of halogens is 2. The van der Waals surface area contributed by atoms with Crippen LogP contribution < -0.4 is 4.90 Å². The minimum absolute atomic E-state index is 0.128. The Morgan fingerprint density at radius 1 is 0.590 bits per heavy atom. The Bertz CT molecular complexity index is 1940. The molecule has 0 atom stereocenters. The molecule has 2 amide bonds. The van der Waals surface area contributed by atoms with E-state index in [1.165, 1.54) is 10.3 Å². The topological polar surface area (TPSA) is 37.4 Å². The lowest BCUT2D eigenvalue weighted by atomic mass is 9.84. The molecule has 0 aliphatic carbocycles. The summed E-state index contributed by atoms with van der Waals surface area (Å²) in [4.78, 5) is 30.1. The molecule has 1 aliphatic heterocycles. The predicted octanol–water partition coefficient (Wildman–Crippen LogP) is 10.3. The van der Waals surface area contributed by atoms with E-state index in [1.807, 2.05) is 24.3 Å². The summed E-state index contributed by atoms with van der Waals surface area (Å²) >= 11 is 7.38. The molecule has 1 aliphatic rings. The summed E-state index contributed by atoms with van der Waals surface area (Å²) in [5.74, 6) is -0.267. The standard InChI is InChI=1S/C34H25Br2NO2/c1-16(2)26-14-18(35)15-27(17(3)4)32(26)37-33(38)24-10-8-21-19-6-5-7-23-28(36)13-12-20(29(19)23)22-9-11-25(34(37)39)31(24)30(21)22/h5-17H,1-4H3. The van der Waals surface area contributed by atoms with Crippen molar-refractivity contribution in [2.24, 2.45) is 0 Å². The summed E-state index contributed by atoms with van der Waals surface area (Å²) < 4.78 is 2.00. The normalized spacial score (nSPS) is 13.9. The molecule has 0 saturated carbocycles. The van der Waals surface area contributed by atoms with Gasteiger partial charge in [-0.15, -0.1) is 0 Å². The van der Waals surface area contributed by atoms with Crippen molar-refractivity contribution in [1.29, 1.82) is 0 Å². The number of nitrogens with zero attached hydrogens (tertiary/aromatic N) is 1. The number of anilines is 1. The van der Waals surface area contributed by atoms with Gasteiger partial charge in [0, 0.05) is 25.5 Å². The van der Waals surface area contributed by atoms with Crippen molar-refractivity contribution in [3.05, 3.63) is 97.9 Å². The maximum absolute atomic E-state index is 14.3. The average Bonchev–Trinajstić information content (AvgIpc) is 2.91. The van der Waals surface area contributed by atoms with E-state index in [0.717, 1.165) is 63.5 Å². The number of imide groups is 1. The van der Waals surface area contributed by atoms with Gasteiger partial charge in [-0.05, 0) is 91.0 Å². The number of rotatable bonds is 3. The molecule has 0 N–H and O–H groups in total. The Morgan fingerprint density at radius 2 is 1.08 bits per heavy atom. The quantitative estimate of drug-likeness (QED) is 0.110. The second-order valence-electron chi connectivity index (χ2n) is 11.1. The number of hydrogen-bond acceptors (Lipinski definition) is 2. The summed E-state index contributed by atoms with van der Waals surface area (Å²) in [6.07, 6.45) is 0. The first-order valence-corrected chi connectivity index (χ1v) is 14.8. The fraction of sp³-hybridized carbons (Fsp3) is 0.176. The Balaban J connectivity index is 1.58. The fourth-order valence-electron chi connectivity index (χ4n) is 6.44. The van der Waals surface area contributed by atoms with E-state index in [0.29, 0.717) is 11.1 Å². The van der Waals surface area contributed by atoms with E-state index in [-0.39, 0.29) is 23.7 Å². The third kappa shape index (κ3) is 3.33. The number of amides is 2. The molecule has 7 rings (SSSR count). The highest BCUT2D eigenvalue weighted by atomic mass is 79.9. The van der Waals surface area contributed by atoms with Crippen LogP contribution in [0.4, 0.5) is 5.69 Å². The van der Waals surface area contributed by atoms with Gasteiger partial charge in [0.15, 0.2) is 0 Å². The van der Waals surface area contributed by atoms with Crippen LogP contribution in [-0.2, 0) is 0 Å². The molecular weight excluding hydrogens is 614 g/mol. The van der Waals surface area contributed by atoms with Crippen LogP contribution in [0.25, 0.3) is 43.1 Å². The second kappa shape index (κ2) is 8.61. The maximum atomic E-state index is 14.3. The van der Waals surface area contributed by atoms with Crippen LogP contribution in [-0.4, -0.2) is 11.8 Å². The monoisotopic (exact) mass is 637 g/mol. The van der Waals surface area contributed by atoms with Gasteiger partial charge in [-0.3, -0.25) is 9.59 Å². The molecule has 0 saturated heterocycles. The molecule has 192 valence electrons. The van der Waals surface area contributed by atoms with Gasteiger partial charge < -0.3 is 0 Å². The summed E-state index contributed by atoms with van der Waals surface area (Å²) in [6.45, 7) is 8.40. The van der Waals surface area contributed by atoms with Gasteiger partial charge in [-0.2, -0.15) is 0 Å². The van der Waals surface area contributed by atoms with Gasteiger partial charge in [0.05, 0.1) is 5.69 Å². The Morgan fingerprint density at radius 3 is 1.64 bits per heavy atom. The van der Waals surface area contributed by atoms with Gasteiger partial charge in [-0.1, -0.05) is 96.0 Å². The fourth-order valence-corrected chi connectivity index (χ4v) is 7.39. The van der Waals surface area contributed by atoms with Crippen LogP contribution >= 0.6 is 31.9 Å². The minimum Gasteiger partial charge on any atom is -0.268 e. The van der Waals surface area contributed by atoms with Crippen LogP contribution in [0.5, 0.6) is 0 Å². The van der Waals surface area contributed by atoms with E-state index >= 15 is 0 Å².